The highest BCUT2D eigenvalue weighted by atomic mass is 35.5. The Kier molecular flexibility index (Phi) is 7.50. The monoisotopic (exact) mass is 296 g/mol. The van der Waals surface area contributed by atoms with Gasteiger partial charge in [0.25, 0.3) is 0 Å². The summed E-state index contributed by atoms with van der Waals surface area (Å²) in [7, 11) is 0. The van der Waals surface area contributed by atoms with Gasteiger partial charge in [-0.05, 0) is 30.2 Å². The number of nitrogens with one attached hydrogen (secondary N) is 2. The van der Waals surface area contributed by atoms with Gasteiger partial charge in [-0.25, -0.2) is 5.43 Å². The maximum absolute atomic E-state index is 6.97. The predicted molar refractivity (Wildman–Crippen MR) is 83.7 cm³/mol. The van der Waals surface area contributed by atoms with Crippen LogP contribution in [0.15, 0.2) is 23.3 Å². The SMILES string of the molecule is CCCCCCOc1ccc(/C=N/NC(=N)N)cc1Cl. The first-order valence-corrected chi connectivity index (χ1v) is 7.06. The molecule has 0 radical (unpaired) electrons. The van der Waals surface area contributed by atoms with E-state index in [0.29, 0.717) is 17.4 Å². The molecule has 0 amide bonds. The fourth-order valence-electron chi connectivity index (χ4n) is 1.60. The lowest BCUT2D eigenvalue weighted by molar-refractivity contribution is 0.305. The van der Waals surface area contributed by atoms with Gasteiger partial charge in [0.2, 0.25) is 5.96 Å². The number of nitrogens with two attached hydrogens (primary N) is 1. The van der Waals surface area contributed by atoms with Gasteiger partial charge in [0.15, 0.2) is 0 Å². The molecule has 0 heterocycles. The number of halogens is 1. The number of unbranched alkanes of at least 4 members (excludes halogenated alkanes) is 3. The van der Waals surface area contributed by atoms with Gasteiger partial charge in [0.05, 0.1) is 17.8 Å². The summed E-state index contributed by atoms with van der Waals surface area (Å²) in [6, 6.07) is 5.42. The van der Waals surface area contributed by atoms with E-state index >= 15 is 0 Å². The Morgan fingerprint density at radius 3 is 2.90 bits per heavy atom. The summed E-state index contributed by atoms with van der Waals surface area (Å²) in [5.41, 5.74) is 8.26. The second kappa shape index (κ2) is 9.20. The molecule has 1 aromatic rings. The molecule has 0 unspecified atom stereocenters. The van der Waals surface area contributed by atoms with Crippen LogP contribution in [0.4, 0.5) is 0 Å². The van der Waals surface area contributed by atoms with Crippen LogP contribution in [0, 0.1) is 5.41 Å². The Bertz CT molecular complexity index is 462. The molecule has 0 atom stereocenters. The summed E-state index contributed by atoms with van der Waals surface area (Å²) in [6.45, 7) is 2.86. The number of rotatable bonds is 8. The molecular weight excluding hydrogens is 276 g/mol. The zero-order valence-corrected chi connectivity index (χ0v) is 12.4. The number of nitrogens with zero attached hydrogens (tertiary/aromatic N) is 1. The standard InChI is InChI=1S/C14H21ClN4O/c1-2-3-4-5-8-20-13-7-6-11(9-12(13)15)10-18-19-14(16)17/h6-7,9-10H,2-5,8H2,1H3,(H4,16,17,19)/b18-10+. The van der Waals surface area contributed by atoms with Crippen LogP contribution in [-0.4, -0.2) is 18.8 Å². The number of guanidine groups is 1. The van der Waals surface area contributed by atoms with Crippen molar-refractivity contribution in [2.45, 2.75) is 32.6 Å². The minimum absolute atomic E-state index is 0.209. The van der Waals surface area contributed by atoms with E-state index in [4.69, 9.17) is 27.5 Å². The van der Waals surface area contributed by atoms with Gasteiger partial charge in [0, 0.05) is 0 Å². The normalized spacial score (nSPS) is 10.7. The average molecular weight is 297 g/mol. The van der Waals surface area contributed by atoms with Gasteiger partial charge in [-0.1, -0.05) is 37.8 Å². The van der Waals surface area contributed by atoms with Crippen LogP contribution < -0.4 is 15.9 Å². The second-order valence-corrected chi connectivity index (χ2v) is 4.79. The first-order chi connectivity index (χ1) is 9.63. The molecule has 1 aromatic carbocycles. The van der Waals surface area contributed by atoms with E-state index in [-0.39, 0.29) is 5.96 Å². The van der Waals surface area contributed by atoms with Crippen molar-refractivity contribution in [3.63, 3.8) is 0 Å². The molecule has 0 aromatic heterocycles. The molecule has 20 heavy (non-hydrogen) atoms. The number of hydrogen-bond acceptors (Lipinski definition) is 3. The number of benzene rings is 1. The summed E-state index contributed by atoms with van der Waals surface area (Å²) in [5.74, 6) is 0.472. The molecule has 0 saturated carbocycles. The third-order valence-electron chi connectivity index (χ3n) is 2.61. The molecule has 110 valence electrons. The molecule has 5 nitrogen and oxygen atoms in total. The molecule has 6 heteroatoms. The van der Waals surface area contributed by atoms with E-state index in [9.17, 15) is 0 Å². The molecule has 0 aliphatic carbocycles. The van der Waals surface area contributed by atoms with E-state index in [1.54, 1.807) is 6.07 Å². The highest BCUT2D eigenvalue weighted by Crippen LogP contribution is 2.25. The van der Waals surface area contributed by atoms with Crippen LogP contribution in [0.2, 0.25) is 5.02 Å². The summed E-state index contributed by atoms with van der Waals surface area (Å²) in [5, 5.41) is 11.3. The van der Waals surface area contributed by atoms with Crippen molar-refractivity contribution in [3.8, 4) is 5.75 Å². The maximum atomic E-state index is 6.97. The third-order valence-corrected chi connectivity index (χ3v) is 2.91. The van der Waals surface area contributed by atoms with Crippen LogP contribution >= 0.6 is 11.6 Å². The maximum Gasteiger partial charge on any atom is 0.206 e. The minimum atomic E-state index is -0.209. The number of hydrogen-bond donors (Lipinski definition) is 3. The first-order valence-electron chi connectivity index (χ1n) is 6.69. The van der Waals surface area contributed by atoms with E-state index in [1.165, 1.54) is 25.5 Å². The topological polar surface area (TPSA) is 83.5 Å². The lowest BCUT2D eigenvalue weighted by atomic mass is 10.2. The molecule has 0 aliphatic rings. The molecule has 0 bridgehead atoms. The summed E-state index contributed by atoms with van der Waals surface area (Å²) >= 11 is 6.14. The van der Waals surface area contributed by atoms with E-state index in [1.807, 2.05) is 12.1 Å². The van der Waals surface area contributed by atoms with Gasteiger partial charge in [0.1, 0.15) is 5.75 Å². The highest BCUT2D eigenvalue weighted by molar-refractivity contribution is 6.32. The average Bonchev–Trinajstić information content (AvgIpc) is 2.40. The highest BCUT2D eigenvalue weighted by Gasteiger charge is 2.02. The zero-order chi connectivity index (χ0) is 14.8. The fourth-order valence-corrected chi connectivity index (χ4v) is 1.85. The lowest BCUT2D eigenvalue weighted by Gasteiger charge is -2.08. The van der Waals surface area contributed by atoms with Gasteiger partial charge >= 0.3 is 0 Å². The Morgan fingerprint density at radius 2 is 2.25 bits per heavy atom. The number of ether oxygens (including phenoxy) is 1. The van der Waals surface area contributed by atoms with E-state index in [2.05, 4.69) is 17.5 Å². The van der Waals surface area contributed by atoms with Crippen LogP contribution in [-0.2, 0) is 0 Å². The second-order valence-electron chi connectivity index (χ2n) is 4.38. The fraction of sp³-hybridized carbons (Fsp3) is 0.429. The quantitative estimate of drug-likeness (QED) is 0.298. The van der Waals surface area contributed by atoms with Crippen LogP contribution in [0.1, 0.15) is 38.2 Å². The molecule has 0 fully saturated rings. The third kappa shape index (κ3) is 6.43. The van der Waals surface area contributed by atoms with Crippen LogP contribution in [0.25, 0.3) is 0 Å². The van der Waals surface area contributed by atoms with Crippen LogP contribution in [0.3, 0.4) is 0 Å². The van der Waals surface area contributed by atoms with Crippen molar-refractivity contribution >= 4 is 23.8 Å². The molecule has 0 aliphatic heterocycles. The lowest BCUT2D eigenvalue weighted by Crippen LogP contribution is -2.25. The molecule has 0 saturated heterocycles. The Morgan fingerprint density at radius 1 is 1.45 bits per heavy atom. The van der Waals surface area contributed by atoms with Crippen molar-refractivity contribution in [3.05, 3.63) is 28.8 Å². The summed E-state index contributed by atoms with van der Waals surface area (Å²) in [4.78, 5) is 0. The van der Waals surface area contributed by atoms with Crippen molar-refractivity contribution in [1.82, 2.24) is 5.43 Å². The number of hydrazone groups is 1. The van der Waals surface area contributed by atoms with Gasteiger partial charge < -0.3 is 10.5 Å². The van der Waals surface area contributed by atoms with Gasteiger partial charge in [-0.15, -0.1) is 0 Å². The summed E-state index contributed by atoms with van der Waals surface area (Å²) < 4.78 is 5.63. The van der Waals surface area contributed by atoms with Gasteiger partial charge in [-0.2, -0.15) is 5.10 Å². The van der Waals surface area contributed by atoms with Crippen molar-refractivity contribution in [2.75, 3.05) is 6.61 Å². The molecule has 4 N–H and O–H groups in total. The molecule has 1 rings (SSSR count). The van der Waals surface area contributed by atoms with E-state index in [0.717, 1.165) is 12.0 Å². The van der Waals surface area contributed by atoms with Crippen molar-refractivity contribution in [2.24, 2.45) is 10.8 Å². The van der Waals surface area contributed by atoms with E-state index < -0.39 is 0 Å². The van der Waals surface area contributed by atoms with Crippen molar-refractivity contribution < 1.29 is 4.74 Å². The largest absolute Gasteiger partial charge is 0.492 e. The Hall–Kier alpha value is -1.75. The van der Waals surface area contributed by atoms with Crippen molar-refractivity contribution in [1.29, 1.82) is 5.41 Å². The van der Waals surface area contributed by atoms with Gasteiger partial charge in [-0.3, -0.25) is 5.41 Å². The smallest absolute Gasteiger partial charge is 0.206 e. The summed E-state index contributed by atoms with van der Waals surface area (Å²) in [6.07, 6.45) is 6.20. The Labute approximate surface area is 124 Å². The Balaban J connectivity index is 2.46. The molecular formula is C14H21ClN4O. The zero-order valence-electron chi connectivity index (χ0n) is 11.7. The molecule has 0 spiro atoms. The minimum Gasteiger partial charge on any atom is -0.492 e. The predicted octanol–water partition coefficient (Wildman–Crippen LogP) is 3.12. The first kappa shape index (κ1) is 16.3. The van der Waals surface area contributed by atoms with Crippen LogP contribution in [0.5, 0.6) is 5.75 Å².